The van der Waals surface area contributed by atoms with E-state index in [0.717, 1.165) is 26.9 Å². The second-order valence-electron chi connectivity index (χ2n) is 3.99. The van der Waals surface area contributed by atoms with Crippen LogP contribution in [0.5, 0.6) is 0 Å². The highest BCUT2D eigenvalue weighted by Crippen LogP contribution is 2.23. The second-order valence-corrected chi connectivity index (χ2v) is 5.76. The first-order valence-electron chi connectivity index (χ1n) is 5.61. The summed E-state index contributed by atoms with van der Waals surface area (Å²) in [6.07, 6.45) is 1.85. The van der Waals surface area contributed by atoms with Crippen LogP contribution in [0.3, 0.4) is 0 Å². The van der Waals surface area contributed by atoms with E-state index in [1.807, 2.05) is 24.4 Å². The number of hydrogen-bond donors (Lipinski definition) is 3. The monoisotopic (exact) mass is 391 g/mol. The largest absolute Gasteiger partial charge is 0.381 e. The standard InChI is InChI=1S/C8H6ClNS.C5H3BrF2N2/c9-5-1-2-6-7(3-5)10-4-8(6)11;6-2-1-3(7)5(9)10-4(2)8/h1-4,10-11H;1H,(H2,9,10). The molecule has 1 aromatic carbocycles. The third-order valence-electron chi connectivity index (χ3n) is 2.54. The molecule has 0 saturated carbocycles. The molecule has 0 bridgehead atoms. The maximum atomic E-state index is 12.4. The normalized spacial score (nSPS) is 10.3. The number of fused-ring (bicyclic) bond motifs is 1. The predicted octanol–water partition coefficient (Wildman–Crippen LogP) is 4.81. The van der Waals surface area contributed by atoms with Gasteiger partial charge in [0.05, 0.1) is 4.47 Å². The number of pyridine rings is 1. The topological polar surface area (TPSA) is 54.7 Å². The van der Waals surface area contributed by atoms with Crippen LogP contribution < -0.4 is 5.73 Å². The number of H-pyrrole nitrogens is 1. The number of nitrogens with zero attached hydrogens (tertiary/aromatic N) is 1. The van der Waals surface area contributed by atoms with Crippen molar-refractivity contribution in [2.45, 2.75) is 4.90 Å². The van der Waals surface area contributed by atoms with Gasteiger partial charge in [0.25, 0.3) is 0 Å². The van der Waals surface area contributed by atoms with Gasteiger partial charge < -0.3 is 10.7 Å². The van der Waals surface area contributed by atoms with Gasteiger partial charge in [0.1, 0.15) is 0 Å². The molecule has 2 aromatic heterocycles. The first-order chi connectivity index (χ1) is 9.88. The van der Waals surface area contributed by atoms with Crippen molar-refractivity contribution in [1.29, 1.82) is 0 Å². The molecule has 0 radical (unpaired) electrons. The predicted molar refractivity (Wildman–Crippen MR) is 86.8 cm³/mol. The van der Waals surface area contributed by atoms with E-state index in [-0.39, 0.29) is 4.47 Å². The first-order valence-corrected chi connectivity index (χ1v) is 7.23. The average molecular weight is 393 g/mol. The SMILES string of the molecule is Nc1nc(F)c(Br)cc1F.Sc1c[nH]c2cc(Cl)ccc12. The molecular formula is C13H9BrClF2N3S. The van der Waals surface area contributed by atoms with Crippen LogP contribution in [0, 0.1) is 11.8 Å². The lowest BCUT2D eigenvalue weighted by Crippen LogP contribution is -1.97. The highest BCUT2D eigenvalue weighted by atomic mass is 79.9. The van der Waals surface area contributed by atoms with Crippen LogP contribution in [0.15, 0.2) is 39.8 Å². The third-order valence-corrected chi connectivity index (χ3v) is 3.70. The van der Waals surface area contributed by atoms with E-state index in [0.29, 0.717) is 0 Å². The quantitative estimate of drug-likeness (QED) is 0.380. The maximum absolute atomic E-state index is 12.4. The van der Waals surface area contributed by atoms with Gasteiger partial charge in [-0.2, -0.15) is 9.37 Å². The number of aromatic amines is 1. The fourth-order valence-corrected chi connectivity index (χ4v) is 2.26. The van der Waals surface area contributed by atoms with Crippen LogP contribution in [-0.4, -0.2) is 9.97 Å². The Morgan fingerprint density at radius 3 is 2.67 bits per heavy atom. The van der Waals surface area contributed by atoms with Crippen LogP contribution in [-0.2, 0) is 0 Å². The number of nitrogens with two attached hydrogens (primary N) is 1. The van der Waals surface area contributed by atoms with E-state index in [1.165, 1.54) is 0 Å². The zero-order valence-electron chi connectivity index (χ0n) is 10.4. The summed E-state index contributed by atoms with van der Waals surface area (Å²) < 4.78 is 24.7. The molecule has 3 nitrogen and oxygen atoms in total. The highest BCUT2D eigenvalue weighted by Gasteiger charge is 2.05. The molecule has 110 valence electrons. The molecule has 0 atom stereocenters. The molecule has 8 heteroatoms. The van der Waals surface area contributed by atoms with Crippen molar-refractivity contribution in [2.24, 2.45) is 0 Å². The van der Waals surface area contributed by atoms with Gasteiger partial charge in [-0.3, -0.25) is 0 Å². The number of thiol groups is 1. The van der Waals surface area contributed by atoms with Crippen LogP contribution in [0.25, 0.3) is 10.9 Å². The molecule has 2 heterocycles. The second kappa shape index (κ2) is 6.64. The van der Waals surface area contributed by atoms with E-state index < -0.39 is 17.6 Å². The van der Waals surface area contributed by atoms with Gasteiger partial charge in [-0.25, -0.2) is 4.39 Å². The number of nitrogens with one attached hydrogen (secondary N) is 1. The van der Waals surface area contributed by atoms with E-state index in [4.69, 9.17) is 17.3 Å². The van der Waals surface area contributed by atoms with Crippen LogP contribution in [0.2, 0.25) is 5.02 Å². The number of hydrogen-bond acceptors (Lipinski definition) is 3. The molecule has 0 saturated heterocycles. The van der Waals surface area contributed by atoms with Crippen molar-refractivity contribution >= 4 is 56.9 Å². The molecule has 3 rings (SSSR count). The van der Waals surface area contributed by atoms with Gasteiger partial charge in [-0.05, 0) is 34.1 Å². The summed E-state index contributed by atoms with van der Waals surface area (Å²) in [6, 6.07) is 6.63. The van der Waals surface area contributed by atoms with Gasteiger partial charge >= 0.3 is 0 Å². The number of benzene rings is 1. The summed E-state index contributed by atoms with van der Waals surface area (Å²) in [5.74, 6) is -1.96. The number of aromatic nitrogens is 2. The smallest absolute Gasteiger partial charge is 0.229 e. The molecule has 0 fully saturated rings. The van der Waals surface area contributed by atoms with Gasteiger partial charge in [0, 0.05) is 27.0 Å². The summed E-state index contributed by atoms with van der Waals surface area (Å²) in [6.45, 7) is 0. The Balaban J connectivity index is 0.000000155. The molecule has 0 unspecified atom stereocenters. The number of rotatable bonds is 0. The lowest BCUT2D eigenvalue weighted by Gasteiger charge is -1.95. The lowest BCUT2D eigenvalue weighted by molar-refractivity contribution is 0.558. The lowest BCUT2D eigenvalue weighted by atomic mass is 10.2. The number of halogens is 4. The summed E-state index contributed by atoms with van der Waals surface area (Å²) in [5, 5.41) is 1.85. The van der Waals surface area contributed by atoms with E-state index in [2.05, 4.69) is 38.5 Å². The van der Waals surface area contributed by atoms with Gasteiger partial charge in [-0.15, -0.1) is 12.6 Å². The van der Waals surface area contributed by atoms with E-state index in [9.17, 15) is 8.78 Å². The Morgan fingerprint density at radius 2 is 2.00 bits per heavy atom. The zero-order valence-corrected chi connectivity index (χ0v) is 13.6. The number of nitrogen functional groups attached to an aromatic ring is 1. The Morgan fingerprint density at radius 1 is 1.29 bits per heavy atom. The molecular weight excluding hydrogens is 384 g/mol. The minimum atomic E-state index is -0.807. The van der Waals surface area contributed by atoms with Crippen molar-refractivity contribution in [3.8, 4) is 0 Å². The third kappa shape index (κ3) is 3.87. The molecule has 0 amide bonds. The van der Waals surface area contributed by atoms with Gasteiger partial charge in [-0.1, -0.05) is 17.7 Å². The maximum Gasteiger partial charge on any atom is 0.229 e. The van der Waals surface area contributed by atoms with Gasteiger partial charge in [0.15, 0.2) is 11.6 Å². The van der Waals surface area contributed by atoms with Crippen LogP contribution in [0.4, 0.5) is 14.6 Å². The van der Waals surface area contributed by atoms with E-state index >= 15 is 0 Å². The molecule has 3 N–H and O–H groups in total. The molecule has 0 aliphatic heterocycles. The Kier molecular flexibility index (Phi) is 5.08. The average Bonchev–Trinajstić information content (AvgIpc) is 2.78. The van der Waals surface area contributed by atoms with Crippen molar-refractivity contribution < 1.29 is 8.78 Å². The van der Waals surface area contributed by atoms with E-state index in [1.54, 1.807) is 0 Å². The highest BCUT2D eigenvalue weighted by molar-refractivity contribution is 9.10. The molecule has 0 spiro atoms. The summed E-state index contributed by atoms with van der Waals surface area (Å²) in [4.78, 5) is 7.08. The Hall–Kier alpha value is -1.31. The van der Waals surface area contributed by atoms with Crippen molar-refractivity contribution in [3.63, 3.8) is 0 Å². The molecule has 0 aliphatic rings. The Labute approximate surface area is 138 Å². The minimum Gasteiger partial charge on any atom is -0.381 e. The number of anilines is 1. The zero-order chi connectivity index (χ0) is 15.6. The van der Waals surface area contributed by atoms with Gasteiger partial charge in [0.2, 0.25) is 5.95 Å². The molecule has 0 aliphatic carbocycles. The van der Waals surface area contributed by atoms with Crippen LogP contribution >= 0.6 is 40.2 Å². The summed E-state index contributed by atoms with van der Waals surface area (Å²) >= 11 is 12.8. The van der Waals surface area contributed by atoms with Crippen molar-refractivity contribution in [1.82, 2.24) is 9.97 Å². The van der Waals surface area contributed by atoms with Crippen LogP contribution in [0.1, 0.15) is 0 Å². The first kappa shape index (κ1) is 16.1. The minimum absolute atomic E-state index is 0.0285. The Bertz CT molecular complexity index is 744. The fourth-order valence-electron chi connectivity index (χ4n) is 1.54. The molecule has 3 aromatic rings. The summed E-state index contributed by atoms with van der Waals surface area (Å²) in [5.41, 5.74) is 5.97. The van der Waals surface area contributed by atoms with Crippen molar-refractivity contribution in [3.05, 3.63) is 51.7 Å². The summed E-state index contributed by atoms with van der Waals surface area (Å²) in [7, 11) is 0. The van der Waals surface area contributed by atoms with Crippen molar-refractivity contribution in [2.75, 3.05) is 5.73 Å². The fraction of sp³-hybridized carbons (Fsp3) is 0. The molecule has 21 heavy (non-hydrogen) atoms.